The second-order valence-corrected chi connectivity index (χ2v) is 9.57. The van der Waals surface area contributed by atoms with E-state index < -0.39 is 10.8 Å². The highest BCUT2D eigenvalue weighted by Gasteiger charge is 2.24. The first-order valence-corrected chi connectivity index (χ1v) is 13.0. The number of aryl methyl sites for hydroxylation is 1. The van der Waals surface area contributed by atoms with Crippen LogP contribution in [0.1, 0.15) is 28.2 Å². The van der Waals surface area contributed by atoms with Crippen LogP contribution in [0.2, 0.25) is 0 Å². The Morgan fingerprint density at radius 1 is 0.974 bits per heavy atom. The van der Waals surface area contributed by atoms with Gasteiger partial charge in [-0.15, -0.1) is 10.2 Å². The molecule has 192 valence electrons. The van der Waals surface area contributed by atoms with Gasteiger partial charge in [0.2, 0.25) is 5.91 Å². The molecule has 0 saturated carbocycles. The molecule has 38 heavy (non-hydrogen) atoms. The average molecular weight is 529 g/mol. The number of hydrogen-bond donors (Lipinski definition) is 1. The van der Waals surface area contributed by atoms with Crippen LogP contribution >= 0.6 is 11.8 Å². The van der Waals surface area contributed by atoms with Crippen LogP contribution in [0.25, 0.3) is 5.69 Å². The number of amides is 2. The van der Waals surface area contributed by atoms with Crippen LogP contribution in [-0.2, 0) is 17.8 Å². The van der Waals surface area contributed by atoms with E-state index in [1.54, 1.807) is 0 Å². The van der Waals surface area contributed by atoms with E-state index in [1.807, 2.05) is 58.0 Å². The summed E-state index contributed by atoms with van der Waals surface area (Å²) in [5, 5.41) is 22.8. The van der Waals surface area contributed by atoms with Crippen molar-refractivity contribution in [2.45, 2.75) is 24.5 Å². The molecule has 1 aliphatic rings. The molecule has 5 rings (SSSR count). The minimum absolute atomic E-state index is 0.00205. The fraction of sp³-hybridized carbons (Fsp3) is 0.185. The molecule has 1 N–H and O–H groups in total. The second kappa shape index (κ2) is 11.3. The zero-order valence-corrected chi connectivity index (χ0v) is 21.1. The Kier molecular flexibility index (Phi) is 7.45. The van der Waals surface area contributed by atoms with Gasteiger partial charge in [-0.1, -0.05) is 48.2 Å². The Balaban J connectivity index is 1.31. The number of nitrogens with zero attached hydrogens (tertiary/aromatic N) is 5. The fourth-order valence-electron chi connectivity index (χ4n) is 4.34. The van der Waals surface area contributed by atoms with Gasteiger partial charge >= 0.3 is 0 Å². The first-order valence-electron chi connectivity index (χ1n) is 12.0. The molecule has 0 fully saturated rings. The molecule has 10 nitrogen and oxygen atoms in total. The SMILES string of the molecule is O=C(NCc1nnc(SCC(=O)N2CCCc3ccccc32)n1-c1ccccc1)c1ccc([N+](=O)[O-])cc1. The molecule has 0 aliphatic carbocycles. The Labute approximate surface area is 222 Å². The number of non-ortho nitro benzene ring substituents is 1. The van der Waals surface area contributed by atoms with Gasteiger partial charge in [-0.2, -0.15) is 0 Å². The summed E-state index contributed by atoms with van der Waals surface area (Å²) in [5.41, 5.74) is 3.15. The summed E-state index contributed by atoms with van der Waals surface area (Å²) in [5.74, 6) is 0.284. The number of fused-ring (bicyclic) bond motifs is 1. The lowest BCUT2D eigenvalue weighted by Crippen LogP contribution is -2.36. The van der Waals surface area contributed by atoms with Crippen molar-refractivity contribution in [3.8, 4) is 5.69 Å². The van der Waals surface area contributed by atoms with Gasteiger partial charge in [0.1, 0.15) is 0 Å². The summed E-state index contributed by atoms with van der Waals surface area (Å²) in [6.45, 7) is 0.757. The van der Waals surface area contributed by atoms with E-state index in [-0.39, 0.29) is 23.9 Å². The molecule has 0 atom stereocenters. The molecule has 0 bridgehead atoms. The summed E-state index contributed by atoms with van der Waals surface area (Å²) < 4.78 is 1.82. The van der Waals surface area contributed by atoms with Crippen LogP contribution < -0.4 is 10.2 Å². The van der Waals surface area contributed by atoms with E-state index in [9.17, 15) is 19.7 Å². The van der Waals surface area contributed by atoms with Gasteiger partial charge in [-0.3, -0.25) is 24.3 Å². The predicted molar refractivity (Wildman–Crippen MR) is 143 cm³/mol. The molecule has 2 heterocycles. The first-order chi connectivity index (χ1) is 18.5. The molecular weight excluding hydrogens is 504 g/mol. The molecule has 4 aromatic rings. The Hall–Kier alpha value is -4.51. The number of carbonyl (C=O) groups is 2. The number of nitro groups is 1. The highest BCUT2D eigenvalue weighted by molar-refractivity contribution is 7.99. The molecule has 0 spiro atoms. The molecule has 0 saturated heterocycles. The Morgan fingerprint density at radius 2 is 1.71 bits per heavy atom. The molecule has 0 unspecified atom stereocenters. The van der Waals surface area contributed by atoms with Crippen LogP contribution in [0.3, 0.4) is 0 Å². The summed E-state index contributed by atoms with van der Waals surface area (Å²) >= 11 is 1.30. The van der Waals surface area contributed by atoms with Crippen molar-refractivity contribution in [1.82, 2.24) is 20.1 Å². The third kappa shape index (κ3) is 5.42. The molecular formula is C27H24N6O4S. The van der Waals surface area contributed by atoms with Gasteiger partial charge in [0.15, 0.2) is 11.0 Å². The highest BCUT2D eigenvalue weighted by atomic mass is 32.2. The lowest BCUT2D eigenvalue weighted by molar-refractivity contribution is -0.384. The van der Waals surface area contributed by atoms with Crippen LogP contribution in [-0.4, -0.2) is 43.8 Å². The van der Waals surface area contributed by atoms with Crippen molar-refractivity contribution in [3.05, 3.63) is 106 Å². The third-order valence-corrected chi connectivity index (χ3v) is 7.11. The van der Waals surface area contributed by atoms with E-state index in [0.29, 0.717) is 23.1 Å². The number of nitrogens with one attached hydrogen (secondary N) is 1. The van der Waals surface area contributed by atoms with E-state index in [4.69, 9.17) is 0 Å². The van der Waals surface area contributed by atoms with Gasteiger partial charge in [-0.05, 0) is 48.7 Å². The smallest absolute Gasteiger partial charge is 0.269 e. The van der Waals surface area contributed by atoms with Gasteiger partial charge in [0.25, 0.3) is 11.6 Å². The molecule has 2 amide bonds. The predicted octanol–water partition coefficient (Wildman–Crippen LogP) is 4.18. The van der Waals surface area contributed by atoms with Crippen LogP contribution in [0.5, 0.6) is 0 Å². The fourth-order valence-corrected chi connectivity index (χ4v) is 5.18. The van der Waals surface area contributed by atoms with Crippen molar-refractivity contribution >= 4 is 35.0 Å². The normalized spacial score (nSPS) is 12.6. The standard InChI is InChI=1S/C27H24N6O4S/c34-25(31-16-6-8-19-7-4-5-11-23(19)31)18-38-27-30-29-24(32(27)21-9-2-1-3-10-21)17-28-26(35)20-12-14-22(15-13-20)33(36)37/h1-5,7,9-15H,6,8,16-18H2,(H,28,35). The monoisotopic (exact) mass is 528 g/mol. The number of benzene rings is 3. The van der Waals surface area contributed by atoms with Crippen LogP contribution in [0.15, 0.2) is 84.0 Å². The van der Waals surface area contributed by atoms with Crippen LogP contribution in [0, 0.1) is 10.1 Å². The van der Waals surface area contributed by atoms with Crippen molar-refractivity contribution in [2.24, 2.45) is 0 Å². The number of carbonyl (C=O) groups excluding carboxylic acids is 2. The maximum atomic E-state index is 13.2. The zero-order chi connectivity index (χ0) is 26.5. The van der Waals surface area contributed by atoms with Gasteiger partial charge < -0.3 is 10.2 Å². The summed E-state index contributed by atoms with van der Waals surface area (Å²) in [4.78, 5) is 38.0. The van der Waals surface area contributed by atoms with E-state index in [2.05, 4.69) is 21.6 Å². The maximum Gasteiger partial charge on any atom is 0.269 e. The highest BCUT2D eigenvalue weighted by Crippen LogP contribution is 2.29. The first kappa shape index (κ1) is 25.2. The number of aromatic nitrogens is 3. The zero-order valence-electron chi connectivity index (χ0n) is 20.3. The van der Waals surface area contributed by atoms with E-state index in [0.717, 1.165) is 24.2 Å². The quantitative estimate of drug-likeness (QED) is 0.207. The third-order valence-electron chi connectivity index (χ3n) is 6.20. The largest absolute Gasteiger partial charge is 0.345 e. The molecule has 1 aliphatic heterocycles. The number of para-hydroxylation sites is 2. The lowest BCUT2D eigenvalue weighted by Gasteiger charge is -2.29. The summed E-state index contributed by atoms with van der Waals surface area (Å²) in [6.07, 6.45) is 1.89. The Morgan fingerprint density at radius 3 is 2.47 bits per heavy atom. The number of nitro benzene ring substituents is 1. The number of rotatable bonds is 8. The van der Waals surface area contributed by atoms with Crippen molar-refractivity contribution in [2.75, 3.05) is 17.2 Å². The van der Waals surface area contributed by atoms with Gasteiger partial charge in [0.05, 0.1) is 17.2 Å². The summed E-state index contributed by atoms with van der Waals surface area (Å²) in [6, 6.07) is 22.8. The number of thioether (sulfide) groups is 1. The Bertz CT molecular complexity index is 1470. The van der Waals surface area contributed by atoms with Gasteiger partial charge in [0, 0.05) is 35.6 Å². The summed E-state index contributed by atoms with van der Waals surface area (Å²) in [7, 11) is 0. The number of anilines is 1. The van der Waals surface area contributed by atoms with E-state index >= 15 is 0 Å². The molecule has 0 radical (unpaired) electrons. The minimum atomic E-state index is -0.516. The minimum Gasteiger partial charge on any atom is -0.345 e. The van der Waals surface area contributed by atoms with E-state index in [1.165, 1.54) is 41.6 Å². The molecule has 1 aromatic heterocycles. The van der Waals surface area contributed by atoms with Gasteiger partial charge in [-0.25, -0.2) is 0 Å². The molecule has 3 aromatic carbocycles. The van der Waals surface area contributed by atoms with Crippen molar-refractivity contribution < 1.29 is 14.5 Å². The lowest BCUT2D eigenvalue weighted by atomic mass is 10.0. The second-order valence-electron chi connectivity index (χ2n) is 8.62. The van der Waals surface area contributed by atoms with Crippen molar-refractivity contribution in [1.29, 1.82) is 0 Å². The van der Waals surface area contributed by atoms with Crippen LogP contribution in [0.4, 0.5) is 11.4 Å². The molecule has 11 heteroatoms. The maximum absolute atomic E-state index is 13.2. The van der Waals surface area contributed by atoms with Crippen molar-refractivity contribution in [3.63, 3.8) is 0 Å². The average Bonchev–Trinajstić information content (AvgIpc) is 3.37. The number of hydrogen-bond acceptors (Lipinski definition) is 7. The topological polar surface area (TPSA) is 123 Å².